The van der Waals surface area contributed by atoms with E-state index < -0.39 is 0 Å². The first-order valence-electron chi connectivity index (χ1n) is 12.2. The summed E-state index contributed by atoms with van der Waals surface area (Å²) in [6.45, 7) is 0.799. The third kappa shape index (κ3) is 5.70. The van der Waals surface area contributed by atoms with Crippen LogP contribution in [0.1, 0.15) is 44.1 Å². The van der Waals surface area contributed by atoms with Gasteiger partial charge in [-0.25, -0.2) is 0 Å². The van der Waals surface area contributed by atoms with Gasteiger partial charge < -0.3 is 20.5 Å². The molecule has 34 heavy (non-hydrogen) atoms. The van der Waals surface area contributed by atoms with E-state index in [4.69, 9.17) is 5.73 Å². The molecule has 0 bridgehead atoms. The Balaban J connectivity index is 1.55. The molecule has 0 spiro atoms. The zero-order valence-corrected chi connectivity index (χ0v) is 21.1. The van der Waals surface area contributed by atoms with Gasteiger partial charge in [0.15, 0.2) is 0 Å². The first kappa shape index (κ1) is 24.5. The summed E-state index contributed by atoms with van der Waals surface area (Å²) in [5, 5.41) is 1.15. The minimum absolute atomic E-state index is 0.0388. The van der Waals surface area contributed by atoms with Crippen LogP contribution in [-0.4, -0.2) is 47.4 Å². The van der Waals surface area contributed by atoms with E-state index in [9.17, 15) is 9.59 Å². The zero-order chi connectivity index (χ0) is 23.9. The van der Waals surface area contributed by atoms with Crippen LogP contribution in [0.15, 0.2) is 59.2 Å². The first-order valence-corrected chi connectivity index (χ1v) is 13.0. The van der Waals surface area contributed by atoms with Gasteiger partial charge in [-0.3, -0.25) is 9.59 Å². The van der Waals surface area contributed by atoms with E-state index in [0.29, 0.717) is 13.0 Å². The van der Waals surface area contributed by atoms with Crippen LogP contribution < -0.4 is 10.6 Å². The molecular weight excluding hydrogens is 492 g/mol. The summed E-state index contributed by atoms with van der Waals surface area (Å²) in [5.41, 5.74) is 8.79. The third-order valence-electron chi connectivity index (χ3n) is 6.68. The molecule has 1 saturated carbocycles. The number of anilines is 1. The molecule has 0 saturated heterocycles. The van der Waals surface area contributed by atoms with Crippen molar-refractivity contribution in [2.45, 2.75) is 51.0 Å². The Hall–Kier alpha value is -2.64. The lowest BCUT2D eigenvalue weighted by Gasteiger charge is -2.36. The van der Waals surface area contributed by atoms with Crippen molar-refractivity contribution in [3.05, 3.63) is 64.8 Å². The summed E-state index contributed by atoms with van der Waals surface area (Å²) in [6.07, 6.45) is 8.32. The molecule has 3 N–H and O–H groups in total. The Labute approximate surface area is 209 Å². The van der Waals surface area contributed by atoms with E-state index in [2.05, 4.69) is 27.0 Å². The van der Waals surface area contributed by atoms with Gasteiger partial charge in [0.1, 0.15) is 6.54 Å². The number of carbonyl (C=O) groups excluding carboxylic acids is 2. The molecule has 1 fully saturated rings. The fourth-order valence-electron chi connectivity index (χ4n) is 4.93. The van der Waals surface area contributed by atoms with E-state index in [1.807, 2.05) is 53.6 Å². The van der Waals surface area contributed by atoms with Crippen LogP contribution >= 0.6 is 15.9 Å². The van der Waals surface area contributed by atoms with Crippen molar-refractivity contribution in [3.63, 3.8) is 0 Å². The molecule has 1 aliphatic carbocycles. The average Bonchev–Trinajstić information content (AvgIpc) is 3.27. The summed E-state index contributed by atoms with van der Waals surface area (Å²) in [4.78, 5) is 33.6. The zero-order valence-electron chi connectivity index (χ0n) is 19.5. The number of aromatic amines is 1. The minimum Gasteiger partial charge on any atom is -0.361 e. The van der Waals surface area contributed by atoms with Gasteiger partial charge in [-0.1, -0.05) is 49.6 Å². The lowest BCUT2D eigenvalue weighted by atomic mass is 9.93. The van der Waals surface area contributed by atoms with Crippen LogP contribution in [0.3, 0.4) is 0 Å². The maximum atomic E-state index is 13.8. The van der Waals surface area contributed by atoms with E-state index in [0.717, 1.165) is 52.3 Å². The molecule has 0 aliphatic heterocycles. The summed E-state index contributed by atoms with van der Waals surface area (Å²) in [5.74, 6) is -0.116. The van der Waals surface area contributed by atoms with E-state index in [1.54, 1.807) is 4.90 Å². The molecule has 1 aliphatic rings. The number of nitrogens with one attached hydrogen (secondary N) is 1. The fraction of sp³-hybridized carbons (Fsp3) is 0.407. The number of para-hydroxylation sites is 2. The molecule has 3 aromatic rings. The fourth-order valence-corrected chi connectivity index (χ4v) is 5.40. The maximum absolute atomic E-state index is 13.8. The highest BCUT2D eigenvalue weighted by Crippen LogP contribution is 2.32. The van der Waals surface area contributed by atoms with Crippen molar-refractivity contribution in [3.8, 4) is 0 Å². The molecule has 2 aromatic carbocycles. The highest BCUT2D eigenvalue weighted by molar-refractivity contribution is 9.10. The number of halogens is 1. The van der Waals surface area contributed by atoms with Gasteiger partial charge in [0, 0.05) is 47.1 Å². The second-order valence-electron chi connectivity index (χ2n) is 8.97. The summed E-state index contributed by atoms with van der Waals surface area (Å²) in [6, 6.07) is 16.1. The van der Waals surface area contributed by atoms with Crippen molar-refractivity contribution in [1.29, 1.82) is 0 Å². The van der Waals surface area contributed by atoms with Gasteiger partial charge in [0.2, 0.25) is 11.8 Å². The normalized spacial score (nSPS) is 14.3. The number of rotatable bonds is 9. The molecule has 180 valence electrons. The first-order chi connectivity index (χ1) is 16.6. The molecular formula is C27H33BrN4O2. The molecule has 4 rings (SSSR count). The minimum atomic E-state index is -0.0774. The number of amides is 2. The van der Waals surface area contributed by atoms with Crippen molar-refractivity contribution < 1.29 is 9.59 Å². The van der Waals surface area contributed by atoms with Crippen molar-refractivity contribution in [2.75, 3.05) is 24.5 Å². The second kappa shape index (κ2) is 11.7. The largest absolute Gasteiger partial charge is 0.361 e. The Morgan fingerprint density at radius 1 is 1.00 bits per heavy atom. The molecule has 1 heterocycles. The van der Waals surface area contributed by atoms with Gasteiger partial charge >= 0.3 is 0 Å². The molecule has 0 atom stereocenters. The molecule has 6 nitrogen and oxygen atoms in total. The van der Waals surface area contributed by atoms with Crippen LogP contribution in [-0.2, 0) is 16.0 Å². The molecule has 0 radical (unpaired) electrons. The van der Waals surface area contributed by atoms with Crippen LogP contribution in [0.2, 0.25) is 0 Å². The Kier molecular flexibility index (Phi) is 8.40. The third-order valence-corrected chi connectivity index (χ3v) is 7.35. The molecule has 0 unspecified atom stereocenters. The van der Waals surface area contributed by atoms with Gasteiger partial charge in [0.05, 0.1) is 5.69 Å². The summed E-state index contributed by atoms with van der Waals surface area (Å²) < 4.78 is 0.896. The number of hydrogen-bond acceptors (Lipinski definition) is 3. The number of nitrogens with two attached hydrogens (primary N) is 1. The number of fused-ring (bicyclic) bond motifs is 1. The maximum Gasteiger partial charge on any atom is 0.246 e. The number of benzene rings is 2. The summed E-state index contributed by atoms with van der Waals surface area (Å²) >= 11 is 3.64. The van der Waals surface area contributed by atoms with Gasteiger partial charge in [-0.2, -0.15) is 0 Å². The Bertz CT molecular complexity index is 1120. The summed E-state index contributed by atoms with van der Waals surface area (Å²) in [7, 11) is 0. The molecule has 7 heteroatoms. The number of carbonyl (C=O) groups is 2. The van der Waals surface area contributed by atoms with Crippen molar-refractivity contribution in [2.24, 2.45) is 5.73 Å². The van der Waals surface area contributed by atoms with E-state index >= 15 is 0 Å². The highest BCUT2D eigenvalue weighted by Gasteiger charge is 2.30. The molecule has 2 amide bonds. The van der Waals surface area contributed by atoms with E-state index in [-0.39, 0.29) is 37.4 Å². The molecule has 1 aromatic heterocycles. The number of H-pyrrole nitrogens is 1. The second-order valence-corrected chi connectivity index (χ2v) is 9.82. The van der Waals surface area contributed by atoms with Gasteiger partial charge in [0.25, 0.3) is 0 Å². The van der Waals surface area contributed by atoms with Crippen LogP contribution in [0.4, 0.5) is 5.69 Å². The quantitative estimate of drug-likeness (QED) is 0.412. The predicted molar refractivity (Wildman–Crippen MR) is 141 cm³/mol. The van der Waals surface area contributed by atoms with E-state index in [1.165, 1.54) is 6.42 Å². The number of hydrogen-bond donors (Lipinski definition) is 2. The van der Waals surface area contributed by atoms with Crippen LogP contribution in [0.5, 0.6) is 0 Å². The van der Waals surface area contributed by atoms with Gasteiger partial charge in [-0.05, 0) is 59.0 Å². The lowest BCUT2D eigenvalue weighted by molar-refractivity contribution is -0.135. The monoisotopic (exact) mass is 524 g/mol. The average molecular weight is 525 g/mol. The highest BCUT2D eigenvalue weighted by atomic mass is 79.9. The standard InChI is InChI=1S/C27H33BrN4O2/c28-23-11-5-7-13-25(23)32(21-8-2-1-3-9-21)27(34)19-31(26(33)14-16-29)17-15-20-18-30-24-12-6-4-10-22(20)24/h4-7,10-13,18,21,30H,1-3,8-9,14-17,19,29H2. The number of nitrogens with zero attached hydrogens (tertiary/aromatic N) is 2. The lowest BCUT2D eigenvalue weighted by Crippen LogP contribution is -2.48. The Morgan fingerprint density at radius 2 is 1.74 bits per heavy atom. The SMILES string of the molecule is NCCC(=O)N(CCc1c[nH]c2ccccc12)CC(=O)N(c1ccccc1Br)C1CCCCC1. The smallest absolute Gasteiger partial charge is 0.246 e. The topological polar surface area (TPSA) is 82.4 Å². The predicted octanol–water partition coefficient (Wildman–Crippen LogP) is 5.02. The van der Waals surface area contributed by atoms with Crippen molar-refractivity contribution >= 4 is 44.3 Å². The van der Waals surface area contributed by atoms with Crippen molar-refractivity contribution in [1.82, 2.24) is 9.88 Å². The Morgan fingerprint density at radius 3 is 2.50 bits per heavy atom. The van der Waals surface area contributed by atoms with Gasteiger partial charge in [-0.15, -0.1) is 0 Å². The van der Waals surface area contributed by atoms with Crippen LogP contribution in [0, 0.1) is 0 Å². The van der Waals surface area contributed by atoms with Crippen LogP contribution in [0.25, 0.3) is 10.9 Å². The number of aromatic nitrogens is 1.